The Balaban J connectivity index is 1.63. The fourth-order valence-corrected chi connectivity index (χ4v) is 3.43. The molecule has 0 saturated carbocycles. The third kappa shape index (κ3) is 5.36. The summed E-state index contributed by atoms with van der Waals surface area (Å²) in [6.07, 6.45) is 7.22. The van der Waals surface area contributed by atoms with Crippen LogP contribution >= 0.6 is 0 Å². The molecule has 0 radical (unpaired) electrons. The molecule has 3 rings (SSSR count). The van der Waals surface area contributed by atoms with Crippen LogP contribution in [0, 0.1) is 0 Å². The predicted octanol–water partition coefficient (Wildman–Crippen LogP) is 5.50. The average molecular weight is 367 g/mol. The highest BCUT2D eigenvalue weighted by molar-refractivity contribution is 5.52. The Morgan fingerprint density at radius 3 is 2.78 bits per heavy atom. The van der Waals surface area contributed by atoms with E-state index >= 15 is 0 Å². The van der Waals surface area contributed by atoms with E-state index < -0.39 is 0 Å². The van der Waals surface area contributed by atoms with Gasteiger partial charge in [-0.15, -0.1) is 6.58 Å². The molecule has 2 aromatic rings. The lowest BCUT2D eigenvalue weighted by molar-refractivity contribution is 0.0586. The van der Waals surface area contributed by atoms with Crippen LogP contribution in [-0.2, 0) is 24.2 Å². The van der Waals surface area contributed by atoms with Crippen molar-refractivity contribution in [2.45, 2.75) is 51.7 Å². The van der Waals surface area contributed by atoms with Crippen LogP contribution in [-0.4, -0.2) is 19.3 Å². The van der Waals surface area contributed by atoms with Crippen LogP contribution in [0.3, 0.4) is 0 Å². The number of allylic oxidation sites excluding steroid dienone is 1. The maximum absolute atomic E-state index is 6.13. The van der Waals surface area contributed by atoms with Crippen LogP contribution in [0.2, 0.25) is 0 Å². The molecule has 0 aliphatic carbocycles. The van der Waals surface area contributed by atoms with Gasteiger partial charge in [-0.05, 0) is 30.5 Å². The average Bonchev–Trinajstić information content (AvgIpc) is 3.11. The van der Waals surface area contributed by atoms with Gasteiger partial charge in [0.2, 0.25) is 0 Å². The first-order valence-electron chi connectivity index (χ1n) is 9.98. The van der Waals surface area contributed by atoms with Gasteiger partial charge in [-0.3, -0.25) is 0 Å². The van der Waals surface area contributed by atoms with E-state index in [1.54, 1.807) is 0 Å². The highest BCUT2D eigenvalue weighted by Crippen LogP contribution is 2.37. The first-order valence-corrected chi connectivity index (χ1v) is 9.98. The Hall–Kier alpha value is -2.26. The molecule has 0 spiro atoms. The number of fused-ring (bicyclic) bond motifs is 1. The third-order valence-corrected chi connectivity index (χ3v) is 4.85. The zero-order chi connectivity index (χ0) is 18.9. The van der Waals surface area contributed by atoms with Crippen molar-refractivity contribution < 1.29 is 14.2 Å². The molecule has 0 fully saturated rings. The van der Waals surface area contributed by atoms with Crippen LogP contribution in [0.5, 0.6) is 11.5 Å². The lowest BCUT2D eigenvalue weighted by atomic mass is 9.99. The van der Waals surface area contributed by atoms with Gasteiger partial charge in [0.05, 0.1) is 6.61 Å². The van der Waals surface area contributed by atoms with Crippen molar-refractivity contribution in [2.24, 2.45) is 0 Å². The predicted molar refractivity (Wildman–Crippen MR) is 110 cm³/mol. The molecule has 0 bridgehead atoms. The number of rotatable bonds is 11. The van der Waals surface area contributed by atoms with Gasteiger partial charge in [0.1, 0.15) is 24.2 Å². The van der Waals surface area contributed by atoms with E-state index in [9.17, 15) is 0 Å². The lowest BCUT2D eigenvalue weighted by Gasteiger charge is -2.13. The van der Waals surface area contributed by atoms with Crippen LogP contribution < -0.4 is 9.47 Å². The van der Waals surface area contributed by atoms with Crippen LogP contribution in [0.15, 0.2) is 55.1 Å². The van der Waals surface area contributed by atoms with Crippen LogP contribution in [0.4, 0.5) is 0 Å². The van der Waals surface area contributed by atoms with Gasteiger partial charge in [-0.2, -0.15) is 0 Å². The van der Waals surface area contributed by atoms with Crippen molar-refractivity contribution in [3.05, 3.63) is 71.8 Å². The molecule has 0 amide bonds. The van der Waals surface area contributed by atoms with Gasteiger partial charge in [-0.1, -0.05) is 56.2 Å². The van der Waals surface area contributed by atoms with E-state index in [-0.39, 0.29) is 6.10 Å². The molecule has 3 heteroatoms. The summed E-state index contributed by atoms with van der Waals surface area (Å²) in [6, 6.07) is 14.3. The van der Waals surface area contributed by atoms with E-state index in [0.29, 0.717) is 13.2 Å². The second-order valence-corrected chi connectivity index (χ2v) is 7.01. The second-order valence-electron chi connectivity index (χ2n) is 7.01. The normalized spacial score (nSPS) is 15.2. The molecular formula is C24H30O3. The highest BCUT2D eigenvalue weighted by atomic mass is 16.5. The summed E-state index contributed by atoms with van der Waals surface area (Å²) in [4.78, 5) is 0. The molecule has 0 N–H and O–H groups in total. The van der Waals surface area contributed by atoms with E-state index in [1.165, 1.54) is 24.0 Å². The minimum Gasteiger partial charge on any atom is -0.489 e. The first kappa shape index (κ1) is 19.5. The van der Waals surface area contributed by atoms with E-state index in [4.69, 9.17) is 14.2 Å². The smallest absolute Gasteiger partial charge is 0.126 e. The third-order valence-electron chi connectivity index (χ3n) is 4.85. The van der Waals surface area contributed by atoms with Gasteiger partial charge >= 0.3 is 0 Å². The summed E-state index contributed by atoms with van der Waals surface area (Å²) >= 11 is 0. The van der Waals surface area contributed by atoms with Gasteiger partial charge in [-0.25, -0.2) is 0 Å². The van der Waals surface area contributed by atoms with Gasteiger partial charge in [0.25, 0.3) is 0 Å². The molecule has 1 aliphatic rings. The standard InChI is InChI=1S/C24H30O3/c1-3-5-9-15-25-18-20-16-22-21(10-4-2)23(13-14-24(22)27-20)26-17-19-11-7-6-8-12-19/h4,6-8,11-14,20H,2-3,5,9-10,15-18H2,1H3. The van der Waals surface area contributed by atoms with Gasteiger partial charge in [0.15, 0.2) is 0 Å². The minimum atomic E-state index is 0.0922. The Kier molecular flexibility index (Phi) is 7.35. The van der Waals surface area contributed by atoms with E-state index in [2.05, 4.69) is 25.6 Å². The number of benzene rings is 2. The zero-order valence-corrected chi connectivity index (χ0v) is 16.3. The summed E-state index contributed by atoms with van der Waals surface area (Å²) in [7, 11) is 0. The van der Waals surface area contributed by atoms with Gasteiger partial charge in [0, 0.05) is 24.2 Å². The number of hydrogen-bond acceptors (Lipinski definition) is 3. The van der Waals surface area contributed by atoms with Crippen LogP contribution in [0.1, 0.15) is 42.9 Å². The zero-order valence-electron chi connectivity index (χ0n) is 16.3. The number of ether oxygens (including phenoxy) is 3. The largest absolute Gasteiger partial charge is 0.489 e. The van der Waals surface area contributed by atoms with Gasteiger partial charge < -0.3 is 14.2 Å². The second kappa shape index (κ2) is 10.2. The summed E-state index contributed by atoms with van der Waals surface area (Å²) < 4.78 is 18.0. The minimum absolute atomic E-state index is 0.0922. The summed E-state index contributed by atoms with van der Waals surface area (Å²) in [5.41, 5.74) is 3.59. The summed E-state index contributed by atoms with van der Waals surface area (Å²) in [5.74, 6) is 1.88. The van der Waals surface area contributed by atoms with E-state index in [0.717, 1.165) is 42.9 Å². The maximum atomic E-state index is 6.13. The quantitative estimate of drug-likeness (QED) is 0.388. The maximum Gasteiger partial charge on any atom is 0.126 e. The van der Waals surface area contributed by atoms with Crippen molar-refractivity contribution in [3.8, 4) is 11.5 Å². The first-order chi connectivity index (χ1) is 13.3. The Bertz CT molecular complexity index is 724. The molecule has 0 saturated heterocycles. The molecule has 0 aromatic heterocycles. The highest BCUT2D eigenvalue weighted by Gasteiger charge is 2.27. The monoisotopic (exact) mass is 366 g/mol. The molecule has 1 atom stereocenters. The fraction of sp³-hybridized carbons (Fsp3) is 0.417. The van der Waals surface area contributed by atoms with Crippen molar-refractivity contribution in [3.63, 3.8) is 0 Å². The number of hydrogen-bond donors (Lipinski definition) is 0. The molecule has 1 unspecified atom stereocenters. The van der Waals surface area contributed by atoms with Crippen molar-refractivity contribution in [1.82, 2.24) is 0 Å². The Morgan fingerprint density at radius 1 is 1.15 bits per heavy atom. The molecule has 2 aromatic carbocycles. The van der Waals surface area contributed by atoms with E-state index in [1.807, 2.05) is 36.4 Å². The fourth-order valence-electron chi connectivity index (χ4n) is 3.43. The van der Waals surface area contributed by atoms with Crippen molar-refractivity contribution in [2.75, 3.05) is 13.2 Å². The lowest BCUT2D eigenvalue weighted by Crippen LogP contribution is -2.20. The molecular weight excluding hydrogens is 336 g/mol. The van der Waals surface area contributed by atoms with Crippen molar-refractivity contribution in [1.29, 1.82) is 0 Å². The topological polar surface area (TPSA) is 27.7 Å². The SMILES string of the molecule is C=CCc1c(OCc2ccccc2)ccc2c1CC(COCCCCC)O2. The van der Waals surface area contributed by atoms with Crippen molar-refractivity contribution >= 4 is 0 Å². The molecule has 27 heavy (non-hydrogen) atoms. The number of unbranched alkanes of at least 4 members (excludes halogenated alkanes) is 2. The Labute approximate surface area is 163 Å². The molecule has 1 aliphatic heterocycles. The molecule has 144 valence electrons. The Morgan fingerprint density at radius 2 is 2.00 bits per heavy atom. The summed E-state index contributed by atoms with van der Waals surface area (Å²) in [5, 5.41) is 0. The van der Waals surface area contributed by atoms with Crippen LogP contribution in [0.25, 0.3) is 0 Å². The molecule has 1 heterocycles. The molecule has 3 nitrogen and oxygen atoms in total. The summed E-state index contributed by atoms with van der Waals surface area (Å²) in [6.45, 7) is 8.14.